The van der Waals surface area contributed by atoms with E-state index in [9.17, 15) is 0 Å². The summed E-state index contributed by atoms with van der Waals surface area (Å²) in [5, 5.41) is 8.22. The van der Waals surface area contributed by atoms with E-state index < -0.39 is 0 Å². The molecule has 4 nitrogen and oxygen atoms in total. The van der Waals surface area contributed by atoms with Crippen molar-refractivity contribution in [3.05, 3.63) is 17.8 Å². The van der Waals surface area contributed by atoms with Crippen LogP contribution in [0, 0.1) is 12.3 Å². The zero-order valence-electron chi connectivity index (χ0n) is 10.7. The molecule has 3 heterocycles. The Labute approximate surface area is 108 Å². The molecule has 2 fully saturated rings. The lowest BCUT2D eigenvalue weighted by molar-refractivity contribution is 0.254. The standard InChI is InChI=1S/C14H18N4/c1-3-11-6-8-15-16-14(11)18-9-7-12-4-5-13(10-18)17(12)2/h1,6,8,12-13H,4-5,7,9-10H2,2H3. The van der Waals surface area contributed by atoms with Crippen LogP contribution in [0.4, 0.5) is 5.82 Å². The van der Waals surface area contributed by atoms with Crippen LogP contribution in [-0.4, -0.2) is 47.3 Å². The van der Waals surface area contributed by atoms with Crippen molar-refractivity contribution in [1.82, 2.24) is 15.1 Å². The second-order valence-electron chi connectivity index (χ2n) is 5.20. The average molecular weight is 242 g/mol. The summed E-state index contributed by atoms with van der Waals surface area (Å²) in [5.74, 6) is 3.59. The Balaban J connectivity index is 1.87. The lowest BCUT2D eigenvalue weighted by Crippen LogP contribution is -2.37. The smallest absolute Gasteiger partial charge is 0.167 e. The number of anilines is 1. The van der Waals surface area contributed by atoms with Gasteiger partial charge in [0.05, 0.1) is 11.8 Å². The van der Waals surface area contributed by atoms with E-state index in [1.54, 1.807) is 6.20 Å². The van der Waals surface area contributed by atoms with Crippen molar-refractivity contribution < 1.29 is 0 Å². The lowest BCUT2D eigenvalue weighted by Gasteiger charge is -2.26. The zero-order chi connectivity index (χ0) is 12.5. The third-order valence-electron chi connectivity index (χ3n) is 4.30. The van der Waals surface area contributed by atoms with Gasteiger partial charge in [-0.25, -0.2) is 0 Å². The Morgan fingerprint density at radius 3 is 3.00 bits per heavy atom. The van der Waals surface area contributed by atoms with Crippen molar-refractivity contribution in [3.63, 3.8) is 0 Å². The van der Waals surface area contributed by atoms with Gasteiger partial charge in [0, 0.05) is 25.2 Å². The van der Waals surface area contributed by atoms with E-state index in [0.717, 1.165) is 30.5 Å². The van der Waals surface area contributed by atoms with Crippen LogP contribution in [0.1, 0.15) is 24.8 Å². The molecule has 94 valence electrons. The Hall–Kier alpha value is -1.60. The van der Waals surface area contributed by atoms with Gasteiger partial charge in [0.15, 0.2) is 5.82 Å². The van der Waals surface area contributed by atoms with Crippen LogP contribution in [0.3, 0.4) is 0 Å². The maximum Gasteiger partial charge on any atom is 0.167 e. The van der Waals surface area contributed by atoms with Crippen LogP contribution in [0.5, 0.6) is 0 Å². The molecule has 0 aromatic carbocycles. The molecule has 2 aliphatic rings. The summed E-state index contributed by atoms with van der Waals surface area (Å²) in [6.07, 6.45) is 11.0. The van der Waals surface area contributed by atoms with Crippen LogP contribution in [0.2, 0.25) is 0 Å². The average Bonchev–Trinajstić information content (AvgIpc) is 2.63. The molecule has 2 atom stereocenters. The van der Waals surface area contributed by atoms with E-state index in [-0.39, 0.29) is 0 Å². The number of rotatable bonds is 1. The molecule has 2 unspecified atom stereocenters. The minimum Gasteiger partial charge on any atom is -0.352 e. The molecule has 0 radical (unpaired) electrons. The topological polar surface area (TPSA) is 32.3 Å². The van der Waals surface area contributed by atoms with Crippen molar-refractivity contribution in [2.75, 3.05) is 25.0 Å². The molecular weight excluding hydrogens is 224 g/mol. The Morgan fingerprint density at radius 1 is 1.33 bits per heavy atom. The molecule has 0 saturated carbocycles. The van der Waals surface area contributed by atoms with Gasteiger partial charge in [0.25, 0.3) is 0 Å². The zero-order valence-corrected chi connectivity index (χ0v) is 10.7. The van der Waals surface area contributed by atoms with Crippen molar-refractivity contribution >= 4 is 5.82 Å². The van der Waals surface area contributed by atoms with E-state index in [4.69, 9.17) is 6.42 Å². The van der Waals surface area contributed by atoms with Gasteiger partial charge >= 0.3 is 0 Å². The van der Waals surface area contributed by atoms with Crippen molar-refractivity contribution in [1.29, 1.82) is 0 Å². The largest absolute Gasteiger partial charge is 0.352 e. The molecule has 0 amide bonds. The number of fused-ring (bicyclic) bond motifs is 2. The maximum atomic E-state index is 5.54. The number of terminal acetylenes is 1. The molecule has 0 N–H and O–H groups in total. The summed E-state index contributed by atoms with van der Waals surface area (Å²) < 4.78 is 0. The predicted octanol–water partition coefficient (Wildman–Crippen LogP) is 1.13. The van der Waals surface area contributed by atoms with Gasteiger partial charge in [0.2, 0.25) is 0 Å². The molecule has 2 saturated heterocycles. The summed E-state index contributed by atoms with van der Waals surface area (Å²) in [4.78, 5) is 4.83. The number of aromatic nitrogens is 2. The third kappa shape index (κ3) is 1.85. The second-order valence-corrected chi connectivity index (χ2v) is 5.20. The Kier molecular flexibility index (Phi) is 2.92. The molecule has 2 bridgehead atoms. The first-order chi connectivity index (χ1) is 8.79. The minimum atomic E-state index is 0.630. The van der Waals surface area contributed by atoms with Crippen molar-refractivity contribution in [2.45, 2.75) is 31.3 Å². The quantitative estimate of drug-likeness (QED) is 0.691. The summed E-state index contributed by atoms with van der Waals surface area (Å²) in [5.41, 5.74) is 0.852. The normalized spacial score (nSPS) is 27.9. The van der Waals surface area contributed by atoms with Gasteiger partial charge in [-0.3, -0.25) is 4.90 Å². The van der Waals surface area contributed by atoms with Gasteiger partial charge < -0.3 is 4.90 Å². The first kappa shape index (κ1) is 11.5. The van der Waals surface area contributed by atoms with E-state index in [1.165, 1.54) is 19.3 Å². The minimum absolute atomic E-state index is 0.630. The first-order valence-electron chi connectivity index (χ1n) is 6.55. The van der Waals surface area contributed by atoms with Crippen molar-refractivity contribution in [2.24, 2.45) is 0 Å². The van der Waals surface area contributed by atoms with Crippen molar-refractivity contribution in [3.8, 4) is 12.3 Å². The highest BCUT2D eigenvalue weighted by molar-refractivity contribution is 5.54. The second kappa shape index (κ2) is 4.58. The monoisotopic (exact) mass is 242 g/mol. The van der Waals surface area contributed by atoms with Crippen LogP contribution < -0.4 is 4.90 Å². The van der Waals surface area contributed by atoms with E-state index in [0.29, 0.717) is 6.04 Å². The van der Waals surface area contributed by atoms with Crippen LogP contribution in [0.15, 0.2) is 12.3 Å². The fraction of sp³-hybridized carbons (Fsp3) is 0.571. The molecule has 1 aromatic heterocycles. The highest BCUT2D eigenvalue weighted by Crippen LogP contribution is 2.30. The number of likely N-dealkylation sites (N-methyl/N-ethyl adjacent to an activating group) is 1. The van der Waals surface area contributed by atoms with Gasteiger partial charge in [-0.05, 0) is 32.4 Å². The van der Waals surface area contributed by atoms with Crippen LogP contribution in [0.25, 0.3) is 0 Å². The van der Waals surface area contributed by atoms with Crippen LogP contribution in [-0.2, 0) is 0 Å². The fourth-order valence-electron chi connectivity index (χ4n) is 3.17. The summed E-state index contributed by atoms with van der Waals surface area (Å²) in [6.45, 7) is 2.04. The Morgan fingerprint density at radius 2 is 2.17 bits per heavy atom. The lowest BCUT2D eigenvalue weighted by atomic mass is 10.1. The Bertz CT molecular complexity index is 479. The van der Waals surface area contributed by atoms with E-state index in [2.05, 4.69) is 33.0 Å². The predicted molar refractivity (Wildman–Crippen MR) is 71.4 cm³/mol. The number of hydrogen-bond acceptors (Lipinski definition) is 4. The summed E-state index contributed by atoms with van der Waals surface area (Å²) >= 11 is 0. The fourth-order valence-corrected chi connectivity index (χ4v) is 3.17. The number of hydrogen-bond donors (Lipinski definition) is 0. The van der Waals surface area contributed by atoms with E-state index in [1.807, 2.05) is 6.07 Å². The SMILES string of the molecule is C#Cc1ccnnc1N1CCC2CCC(C1)N2C. The van der Waals surface area contributed by atoms with Gasteiger partial charge in [0.1, 0.15) is 0 Å². The number of nitrogens with zero attached hydrogens (tertiary/aromatic N) is 4. The third-order valence-corrected chi connectivity index (χ3v) is 4.30. The molecule has 0 spiro atoms. The molecule has 3 rings (SSSR count). The molecule has 4 heteroatoms. The van der Waals surface area contributed by atoms with Gasteiger partial charge in [-0.15, -0.1) is 11.5 Å². The molecule has 0 aliphatic carbocycles. The van der Waals surface area contributed by atoms with E-state index >= 15 is 0 Å². The van der Waals surface area contributed by atoms with Gasteiger partial charge in [-0.1, -0.05) is 5.92 Å². The summed E-state index contributed by atoms with van der Waals surface area (Å²) in [7, 11) is 2.24. The molecule has 1 aromatic rings. The van der Waals surface area contributed by atoms with Crippen LogP contribution >= 0.6 is 0 Å². The highest BCUT2D eigenvalue weighted by Gasteiger charge is 2.35. The molecular formula is C14H18N4. The highest BCUT2D eigenvalue weighted by atomic mass is 15.3. The summed E-state index contributed by atoms with van der Waals surface area (Å²) in [6, 6.07) is 3.23. The molecule has 18 heavy (non-hydrogen) atoms. The maximum absolute atomic E-state index is 5.54. The molecule has 2 aliphatic heterocycles. The first-order valence-corrected chi connectivity index (χ1v) is 6.55. The van der Waals surface area contributed by atoms with Gasteiger partial charge in [-0.2, -0.15) is 5.10 Å².